The number of benzene rings is 1. The van der Waals surface area contributed by atoms with Crippen LogP contribution in [0.15, 0.2) is 28.8 Å². The topological polar surface area (TPSA) is 111 Å². The van der Waals surface area contributed by atoms with Crippen molar-refractivity contribution in [2.45, 2.75) is 38.1 Å². The number of nitrogens with one attached hydrogen (secondary N) is 1. The molecule has 0 aliphatic heterocycles. The summed E-state index contributed by atoms with van der Waals surface area (Å²) in [7, 11) is -3.29. The molecule has 1 aromatic heterocycles. The zero-order chi connectivity index (χ0) is 16.5. The van der Waals surface area contributed by atoms with Crippen LogP contribution in [-0.2, 0) is 15.6 Å². The summed E-state index contributed by atoms with van der Waals surface area (Å²) in [4.78, 5) is 4.37. The molecule has 0 bridgehead atoms. The molecule has 24 heavy (non-hydrogen) atoms. The predicted octanol–water partition coefficient (Wildman–Crippen LogP) is 2.65. The number of nitrogens with zero attached hydrogens (tertiary/aromatic N) is 2. The van der Waals surface area contributed by atoms with Crippen LogP contribution in [-0.4, -0.2) is 24.3 Å². The van der Waals surface area contributed by atoms with Crippen molar-refractivity contribution in [1.82, 2.24) is 10.1 Å². The zero-order valence-electron chi connectivity index (χ0n) is 13.4. The van der Waals surface area contributed by atoms with Gasteiger partial charge in [0.1, 0.15) is 0 Å². The molecular weight excluding hydrogens is 352 g/mol. The average Bonchev–Trinajstić information content (AvgIpc) is 2.95. The molecule has 0 atom stereocenters. The normalized spacial score (nSPS) is 16.1. The van der Waals surface area contributed by atoms with Crippen molar-refractivity contribution < 1.29 is 12.9 Å². The Morgan fingerprint density at radius 1 is 1.29 bits per heavy atom. The van der Waals surface area contributed by atoms with Crippen LogP contribution in [0, 0.1) is 0 Å². The lowest BCUT2D eigenvalue weighted by molar-refractivity contribution is 0.229. The molecule has 3 rings (SSSR count). The first-order chi connectivity index (χ1) is 10.9. The Morgan fingerprint density at radius 3 is 2.50 bits per heavy atom. The molecule has 0 radical (unpaired) electrons. The van der Waals surface area contributed by atoms with Crippen LogP contribution < -0.4 is 10.5 Å². The van der Waals surface area contributed by atoms with Crippen LogP contribution in [0.1, 0.15) is 38.4 Å². The van der Waals surface area contributed by atoms with Crippen molar-refractivity contribution >= 4 is 28.1 Å². The fraction of sp³-hybridized carbons (Fsp3) is 0.467. The van der Waals surface area contributed by atoms with Crippen molar-refractivity contribution in [3.63, 3.8) is 0 Å². The molecule has 1 aliphatic rings. The van der Waals surface area contributed by atoms with E-state index in [1.807, 2.05) is 6.92 Å². The molecule has 3 N–H and O–H groups in total. The van der Waals surface area contributed by atoms with Gasteiger partial charge in [-0.1, -0.05) is 12.1 Å². The molecule has 0 unspecified atom stereocenters. The van der Waals surface area contributed by atoms with E-state index in [0.29, 0.717) is 23.8 Å². The number of sulfonamides is 1. The number of nitrogens with two attached hydrogens (primary N) is 1. The predicted molar refractivity (Wildman–Crippen MR) is 94.4 cm³/mol. The lowest BCUT2D eigenvalue weighted by Gasteiger charge is -2.34. The second-order valence-corrected chi connectivity index (χ2v) is 7.77. The fourth-order valence-electron chi connectivity index (χ4n) is 2.50. The van der Waals surface area contributed by atoms with E-state index < -0.39 is 15.6 Å². The van der Waals surface area contributed by atoms with Gasteiger partial charge in [-0.25, -0.2) is 8.42 Å². The maximum Gasteiger partial charge on any atom is 0.257 e. The van der Waals surface area contributed by atoms with E-state index in [2.05, 4.69) is 14.9 Å². The van der Waals surface area contributed by atoms with Crippen molar-refractivity contribution in [3.05, 3.63) is 30.1 Å². The maximum absolute atomic E-state index is 11.7. The highest BCUT2D eigenvalue weighted by atomic mass is 35.5. The third-order valence-corrected chi connectivity index (χ3v) is 5.49. The molecule has 9 heteroatoms. The summed E-state index contributed by atoms with van der Waals surface area (Å²) in [6.45, 7) is 1.82. The highest BCUT2D eigenvalue weighted by molar-refractivity contribution is 7.92. The van der Waals surface area contributed by atoms with Crippen molar-refractivity contribution in [3.8, 4) is 11.5 Å². The minimum Gasteiger partial charge on any atom is -0.334 e. The minimum atomic E-state index is -3.29. The summed E-state index contributed by atoms with van der Waals surface area (Å²) in [5.41, 5.74) is 6.95. The van der Waals surface area contributed by atoms with Gasteiger partial charge in [-0.2, -0.15) is 4.98 Å². The first-order valence-corrected chi connectivity index (χ1v) is 9.31. The monoisotopic (exact) mass is 372 g/mol. The molecule has 7 nitrogen and oxygen atoms in total. The third kappa shape index (κ3) is 3.88. The molecule has 0 saturated heterocycles. The van der Waals surface area contributed by atoms with Gasteiger partial charge in [-0.3, -0.25) is 4.72 Å². The van der Waals surface area contributed by atoms with E-state index in [9.17, 15) is 8.42 Å². The Bertz CT molecular complexity index is 785. The Balaban J connectivity index is 0.00000208. The fourth-order valence-corrected chi connectivity index (χ4v) is 3.64. The lowest BCUT2D eigenvalue weighted by atomic mass is 9.77. The van der Waals surface area contributed by atoms with Crippen molar-refractivity contribution in [2.75, 3.05) is 10.5 Å². The van der Waals surface area contributed by atoms with Gasteiger partial charge in [-0.05, 0) is 49.9 Å². The smallest absolute Gasteiger partial charge is 0.257 e. The summed E-state index contributed by atoms with van der Waals surface area (Å²) in [6, 6.07) is 6.83. The van der Waals surface area contributed by atoms with E-state index in [4.69, 9.17) is 10.3 Å². The Morgan fingerprint density at radius 2 is 1.96 bits per heavy atom. The van der Waals surface area contributed by atoms with Crippen molar-refractivity contribution in [1.29, 1.82) is 0 Å². The molecule has 1 aromatic carbocycles. The molecule has 1 aliphatic carbocycles. The van der Waals surface area contributed by atoms with E-state index in [-0.39, 0.29) is 18.2 Å². The summed E-state index contributed by atoms with van der Waals surface area (Å²) in [5, 5.41) is 3.97. The summed E-state index contributed by atoms with van der Waals surface area (Å²) < 4.78 is 31.3. The number of halogens is 1. The molecule has 132 valence electrons. The van der Waals surface area contributed by atoms with Crippen LogP contribution in [0.4, 0.5) is 5.69 Å². The highest BCUT2D eigenvalue weighted by Crippen LogP contribution is 2.37. The highest BCUT2D eigenvalue weighted by Gasteiger charge is 2.39. The average molecular weight is 373 g/mol. The summed E-state index contributed by atoms with van der Waals surface area (Å²) in [6.07, 6.45) is 3.38. The number of hydrogen-bond acceptors (Lipinski definition) is 6. The van der Waals surface area contributed by atoms with Crippen LogP contribution >= 0.6 is 12.4 Å². The first-order valence-electron chi connectivity index (χ1n) is 7.66. The molecule has 1 saturated carbocycles. The second-order valence-electron chi connectivity index (χ2n) is 5.93. The van der Waals surface area contributed by atoms with E-state index in [0.717, 1.165) is 24.8 Å². The third-order valence-electron chi connectivity index (χ3n) is 4.00. The maximum atomic E-state index is 11.7. The van der Waals surface area contributed by atoms with E-state index in [1.165, 1.54) is 0 Å². The number of hydrogen-bond donors (Lipinski definition) is 2. The first kappa shape index (κ1) is 18.7. The van der Waals surface area contributed by atoms with Gasteiger partial charge in [0.25, 0.3) is 5.89 Å². The Labute approximate surface area is 147 Å². The zero-order valence-corrected chi connectivity index (χ0v) is 15.0. The molecular formula is C15H21ClN4O3S. The Hall–Kier alpha value is -1.64. The number of aromatic nitrogens is 2. The van der Waals surface area contributed by atoms with Gasteiger partial charge in [0.2, 0.25) is 10.0 Å². The number of rotatable bonds is 6. The summed E-state index contributed by atoms with van der Waals surface area (Å²) in [5.74, 6) is 1.02. The lowest BCUT2D eigenvalue weighted by Crippen LogP contribution is -2.44. The van der Waals surface area contributed by atoms with Crippen LogP contribution in [0.5, 0.6) is 0 Å². The van der Waals surface area contributed by atoms with Crippen LogP contribution in [0.25, 0.3) is 11.5 Å². The van der Waals surface area contributed by atoms with Gasteiger partial charge in [0.15, 0.2) is 5.82 Å². The van der Waals surface area contributed by atoms with E-state index in [1.54, 1.807) is 24.3 Å². The summed E-state index contributed by atoms with van der Waals surface area (Å²) >= 11 is 0. The molecule has 1 fully saturated rings. The molecule has 0 amide bonds. The van der Waals surface area contributed by atoms with Crippen LogP contribution in [0.3, 0.4) is 0 Å². The molecule has 0 spiro atoms. The standard InChI is InChI=1S/C15H20N4O3S.ClH/c1-2-10-23(20,21)19-12-6-4-11(5-7-12)13-17-14(18-22-13)15(16)8-3-9-15;/h4-7,19H,2-3,8-10,16H2,1H3;1H. The van der Waals surface area contributed by atoms with Gasteiger partial charge in [-0.15, -0.1) is 12.4 Å². The Kier molecular flexibility index (Phi) is 5.52. The van der Waals surface area contributed by atoms with Crippen LogP contribution in [0.2, 0.25) is 0 Å². The molecule has 1 heterocycles. The second kappa shape index (κ2) is 7.08. The van der Waals surface area contributed by atoms with Gasteiger partial charge >= 0.3 is 0 Å². The van der Waals surface area contributed by atoms with Crippen molar-refractivity contribution in [2.24, 2.45) is 5.73 Å². The number of anilines is 1. The van der Waals surface area contributed by atoms with Gasteiger partial charge in [0, 0.05) is 11.3 Å². The van der Waals surface area contributed by atoms with Gasteiger partial charge in [0.05, 0.1) is 11.3 Å². The molecule has 2 aromatic rings. The quantitative estimate of drug-likeness (QED) is 0.806. The minimum absolute atomic E-state index is 0. The van der Waals surface area contributed by atoms with E-state index >= 15 is 0 Å². The largest absolute Gasteiger partial charge is 0.334 e. The SMILES string of the molecule is CCCS(=O)(=O)Nc1ccc(-c2nc(C3(N)CCC3)no2)cc1.Cl. The van der Waals surface area contributed by atoms with Gasteiger partial charge < -0.3 is 10.3 Å².